The van der Waals surface area contributed by atoms with E-state index in [1.165, 1.54) is 18.2 Å². The van der Waals surface area contributed by atoms with Crippen molar-refractivity contribution in [2.45, 2.75) is 25.0 Å². The number of carbonyl (C=O) groups is 2. The second-order valence-electron chi connectivity index (χ2n) is 5.46. The van der Waals surface area contributed by atoms with Gasteiger partial charge in [0.25, 0.3) is 5.91 Å². The molecule has 5 heteroatoms. The van der Waals surface area contributed by atoms with E-state index < -0.39 is 17.9 Å². The first kappa shape index (κ1) is 15.2. The van der Waals surface area contributed by atoms with E-state index in [0.717, 1.165) is 12.8 Å². The molecule has 1 N–H and O–H groups in total. The lowest BCUT2D eigenvalue weighted by Gasteiger charge is -2.18. The van der Waals surface area contributed by atoms with E-state index in [4.69, 9.17) is 4.74 Å². The third-order valence-corrected chi connectivity index (χ3v) is 3.58. The number of amides is 1. The van der Waals surface area contributed by atoms with Gasteiger partial charge in [0.2, 0.25) is 6.10 Å². The molecule has 0 bridgehead atoms. The van der Waals surface area contributed by atoms with E-state index in [2.05, 4.69) is 5.32 Å². The number of hydrogen-bond donors (Lipinski definition) is 1. The molecule has 0 aliphatic heterocycles. The molecule has 1 aliphatic carbocycles. The number of benzene rings is 2. The fourth-order valence-electron chi connectivity index (χ4n) is 2.20. The summed E-state index contributed by atoms with van der Waals surface area (Å²) in [6.45, 7) is 0. The average Bonchev–Trinajstić information content (AvgIpc) is 3.37. The molecule has 0 radical (unpaired) electrons. The summed E-state index contributed by atoms with van der Waals surface area (Å²) in [4.78, 5) is 24.6. The molecule has 1 amide bonds. The topological polar surface area (TPSA) is 55.4 Å². The van der Waals surface area contributed by atoms with Gasteiger partial charge < -0.3 is 10.1 Å². The highest BCUT2D eigenvalue weighted by molar-refractivity contribution is 5.93. The highest BCUT2D eigenvalue weighted by Crippen LogP contribution is 2.24. The molecule has 23 heavy (non-hydrogen) atoms. The summed E-state index contributed by atoms with van der Waals surface area (Å²) in [6.07, 6.45) is 0.757. The number of ether oxygens (including phenoxy) is 1. The summed E-state index contributed by atoms with van der Waals surface area (Å²) in [5.41, 5.74) is 0.364. The molecule has 0 saturated heterocycles. The third-order valence-electron chi connectivity index (χ3n) is 3.58. The number of halogens is 1. The first-order chi connectivity index (χ1) is 11.1. The molecule has 1 atom stereocenters. The van der Waals surface area contributed by atoms with Gasteiger partial charge in [-0.05, 0) is 25.0 Å². The fraction of sp³-hybridized carbons (Fsp3) is 0.222. The molecule has 3 rings (SSSR count). The minimum Gasteiger partial charge on any atom is -0.444 e. The maximum absolute atomic E-state index is 13.7. The van der Waals surface area contributed by atoms with E-state index in [0.29, 0.717) is 5.56 Å². The Bertz CT molecular complexity index is 713. The van der Waals surface area contributed by atoms with E-state index in [1.54, 1.807) is 36.4 Å². The van der Waals surface area contributed by atoms with Crippen molar-refractivity contribution < 1.29 is 18.7 Å². The van der Waals surface area contributed by atoms with Gasteiger partial charge in [-0.15, -0.1) is 0 Å². The lowest BCUT2D eigenvalue weighted by atomic mass is 10.1. The van der Waals surface area contributed by atoms with Crippen molar-refractivity contribution in [1.29, 1.82) is 0 Å². The Kier molecular flexibility index (Phi) is 4.37. The Morgan fingerprint density at radius 1 is 1.04 bits per heavy atom. The molecule has 0 aromatic heterocycles. The Hall–Kier alpha value is -2.69. The summed E-state index contributed by atoms with van der Waals surface area (Å²) < 4.78 is 19.0. The van der Waals surface area contributed by atoms with Gasteiger partial charge in [0.15, 0.2) is 0 Å². The molecule has 1 saturated carbocycles. The summed E-state index contributed by atoms with van der Waals surface area (Å²) in [5, 5.41) is 2.81. The molecule has 0 unspecified atom stereocenters. The maximum Gasteiger partial charge on any atom is 0.342 e. The van der Waals surface area contributed by atoms with Gasteiger partial charge in [-0.2, -0.15) is 0 Å². The zero-order valence-electron chi connectivity index (χ0n) is 12.4. The predicted molar refractivity (Wildman–Crippen MR) is 82.2 cm³/mol. The maximum atomic E-state index is 13.7. The Morgan fingerprint density at radius 3 is 2.35 bits per heavy atom. The van der Waals surface area contributed by atoms with Crippen LogP contribution in [0.5, 0.6) is 0 Å². The van der Waals surface area contributed by atoms with Gasteiger partial charge in [-0.25, -0.2) is 9.18 Å². The van der Waals surface area contributed by atoms with Gasteiger partial charge in [-0.3, -0.25) is 4.79 Å². The highest BCUT2D eigenvalue weighted by Gasteiger charge is 2.31. The van der Waals surface area contributed by atoms with Gasteiger partial charge in [0.1, 0.15) is 5.82 Å². The van der Waals surface area contributed by atoms with Crippen LogP contribution < -0.4 is 5.32 Å². The number of hydrogen-bond acceptors (Lipinski definition) is 3. The second kappa shape index (κ2) is 6.60. The predicted octanol–water partition coefficient (Wildman–Crippen LogP) is 3.00. The van der Waals surface area contributed by atoms with Crippen molar-refractivity contribution in [2.75, 3.05) is 0 Å². The van der Waals surface area contributed by atoms with E-state index >= 15 is 0 Å². The molecule has 2 aromatic carbocycles. The highest BCUT2D eigenvalue weighted by atomic mass is 19.1. The molecule has 118 valence electrons. The third kappa shape index (κ3) is 3.74. The van der Waals surface area contributed by atoms with Crippen molar-refractivity contribution in [1.82, 2.24) is 5.32 Å². The van der Waals surface area contributed by atoms with Crippen molar-refractivity contribution >= 4 is 11.9 Å². The zero-order chi connectivity index (χ0) is 16.2. The molecule has 0 spiro atoms. The van der Waals surface area contributed by atoms with Gasteiger partial charge in [0, 0.05) is 11.6 Å². The number of rotatable bonds is 5. The van der Waals surface area contributed by atoms with Crippen LogP contribution in [0, 0.1) is 5.82 Å². The van der Waals surface area contributed by atoms with Gasteiger partial charge in [0.05, 0.1) is 5.56 Å². The number of carbonyl (C=O) groups excluding carboxylic acids is 2. The van der Waals surface area contributed by atoms with Crippen molar-refractivity contribution in [3.8, 4) is 0 Å². The summed E-state index contributed by atoms with van der Waals surface area (Å²) >= 11 is 0. The zero-order valence-corrected chi connectivity index (χ0v) is 12.4. The second-order valence-corrected chi connectivity index (χ2v) is 5.46. The Balaban J connectivity index is 1.82. The van der Waals surface area contributed by atoms with E-state index in [1.807, 2.05) is 0 Å². The molecule has 1 aliphatic rings. The van der Waals surface area contributed by atoms with Gasteiger partial charge >= 0.3 is 5.97 Å². The smallest absolute Gasteiger partial charge is 0.342 e. The standard InChI is InChI=1S/C18H16FNO3/c19-15-9-5-4-8-14(15)18(22)23-16(12-6-2-1-3-7-12)17(21)20-13-10-11-13/h1-9,13,16H,10-11H2,(H,20,21)/t16-/m0/s1. The molecule has 4 nitrogen and oxygen atoms in total. The first-order valence-corrected chi connectivity index (χ1v) is 7.46. The first-order valence-electron chi connectivity index (χ1n) is 7.46. The number of nitrogens with one attached hydrogen (secondary N) is 1. The summed E-state index contributed by atoms with van der Waals surface area (Å²) in [7, 11) is 0. The van der Waals surface area contributed by atoms with Crippen LogP contribution in [-0.4, -0.2) is 17.9 Å². The van der Waals surface area contributed by atoms with Crippen LogP contribution in [0.1, 0.15) is 34.9 Å². The van der Waals surface area contributed by atoms with Crippen LogP contribution in [0.3, 0.4) is 0 Å². The van der Waals surface area contributed by atoms with Crippen molar-refractivity contribution in [2.24, 2.45) is 0 Å². The molecule has 1 fully saturated rings. The van der Waals surface area contributed by atoms with E-state index in [-0.39, 0.29) is 17.5 Å². The van der Waals surface area contributed by atoms with E-state index in [9.17, 15) is 14.0 Å². The largest absolute Gasteiger partial charge is 0.444 e. The van der Waals surface area contributed by atoms with Crippen molar-refractivity contribution in [3.05, 3.63) is 71.5 Å². The fourth-order valence-corrected chi connectivity index (χ4v) is 2.20. The van der Waals surface area contributed by atoms with Gasteiger partial charge in [-0.1, -0.05) is 42.5 Å². The summed E-state index contributed by atoms with van der Waals surface area (Å²) in [5.74, 6) is -1.92. The molecular formula is C18H16FNO3. The van der Waals surface area contributed by atoms with Crippen LogP contribution in [0.4, 0.5) is 4.39 Å². The Morgan fingerprint density at radius 2 is 1.70 bits per heavy atom. The monoisotopic (exact) mass is 313 g/mol. The lowest BCUT2D eigenvalue weighted by molar-refractivity contribution is -0.130. The average molecular weight is 313 g/mol. The van der Waals surface area contributed by atoms with Crippen LogP contribution in [-0.2, 0) is 9.53 Å². The normalized spacial score (nSPS) is 14.8. The minimum absolute atomic E-state index is 0.140. The summed E-state index contributed by atoms with van der Waals surface area (Å²) in [6, 6.07) is 14.4. The van der Waals surface area contributed by atoms with Crippen LogP contribution in [0.15, 0.2) is 54.6 Å². The molecular weight excluding hydrogens is 297 g/mol. The van der Waals surface area contributed by atoms with Crippen LogP contribution in [0.2, 0.25) is 0 Å². The molecule has 2 aromatic rings. The quantitative estimate of drug-likeness (QED) is 0.863. The van der Waals surface area contributed by atoms with Crippen molar-refractivity contribution in [3.63, 3.8) is 0 Å². The SMILES string of the molecule is O=C(O[C@H](C(=O)NC1CC1)c1ccccc1)c1ccccc1F. The lowest BCUT2D eigenvalue weighted by Crippen LogP contribution is -2.33. The number of esters is 1. The van der Waals surface area contributed by atoms with Crippen LogP contribution >= 0.6 is 0 Å². The Labute approximate surface area is 133 Å². The van der Waals surface area contributed by atoms with Crippen LogP contribution in [0.25, 0.3) is 0 Å². The molecule has 0 heterocycles. The minimum atomic E-state index is -1.09.